The Morgan fingerprint density at radius 1 is 1.11 bits per heavy atom. The molecule has 0 spiro atoms. The normalized spacial score (nSPS) is 15.1. The molecule has 186 valence electrons. The van der Waals surface area contributed by atoms with Crippen molar-refractivity contribution in [3.8, 4) is 33.2 Å². The van der Waals surface area contributed by atoms with E-state index in [2.05, 4.69) is 33.6 Å². The van der Waals surface area contributed by atoms with Crippen LogP contribution in [0.1, 0.15) is 49.6 Å². The van der Waals surface area contributed by atoms with Gasteiger partial charge in [0.15, 0.2) is 0 Å². The standard InChI is InChI=1S/C29H30N2O4S/c1-18-21(12-14-28(30-18)34-16-15-29(2,3)33)22-5-4-6-24-23(22)11-13-25(24)35-20-9-7-19(8-10-20)26-17-27(32)31-36-26/h4-10,12,14,17,25,33H,11,13,15-16H2,1-3H3,(H,31,32)/t25-/m1/s1. The van der Waals surface area contributed by atoms with Crippen LogP contribution in [0.2, 0.25) is 0 Å². The second kappa shape index (κ2) is 9.91. The molecule has 2 N–H and O–H groups in total. The maximum absolute atomic E-state index is 11.4. The summed E-state index contributed by atoms with van der Waals surface area (Å²) in [6, 6.07) is 19.9. The van der Waals surface area contributed by atoms with Crippen LogP contribution in [0.3, 0.4) is 0 Å². The molecule has 2 aromatic carbocycles. The molecule has 0 radical (unpaired) electrons. The molecule has 6 nitrogen and oxygen atoms in total. The number of hydrogen-bond donors (Lipinski definition) is 2. The fourth-order valence-corrected chi connectivity index (χ4v) is 5.28. The largest absolute Gasteiger partial charge is 0.486 e. The van der Waals surface area contributed by atoms with Crippen LogP contribution >= 0.6 is 11.5 Å². The maximum Gasteiger partial charge on any atom is 0.258 e. The van der Waals surface area contributed by atoms with Crippen molar-refractivity contribution in [1.82, 2.24) is 9.36 Å². The highest BCUT2D eigenvalue weighted by Gasteiger charge is 2.27. The molecule has 2 aromatic heterocycles. The Morgan fingerprint density at radius 3 is 2.61 bits per heavy atom. The Kier molecular flexibility index (Phi) is 6.69. The molecule has 1 aliphatic carbocycles. The summed E-state index contributed by atoms with van der Waals surface area (Å²) in [4.78, 5) is 17.0. The van der Waals surface area contributed by atoms with Crippen LogP contribution in [-0.2, 0) is 6.42 Å². The first-order chi connectivity index (χ1) is 17.3. The topological polar surface area (TPSA) is 84.4 Å². The Labute approximate surface area is 214 Å². The van der Waals surface area contributed by atoms with E-state index in [-0.39, 0.29) is 11.7 Å². The van der Waals surface area contributed by atoms with E-state index >= 15 is 0 Å². The molecular formula is C29H30N2O4S. The van der Waals surface area contributed by atoms with Gasteiger partial charge in [0.2, 0.25) is 5.88 Å². The van der Waals surface area contributed by atoms with Crippen LogP contribution in [-0.4, -0.2) is 26.7 Å². The first-order valence-electron chi connectivity index (χ1n) is 12.2. The minimum atomic E-state index is -0.759. The molecule has 0 saturated heterocycles. The third kappa shape index (κ3) is 5.37. The van der Waals surface area contributed by atoms with Crippen molar-refractivity contribution < 1.29 is 14.6 Å². The molecule has 0 bridgehead atoms. The van der Waals surface area contributed by atoms with Crippen molar-refractivity contribution in [3.63, 3.8) is 0 Å². The van der Waals surface area contributed by atoms with E-state index in [0.717, 1.165) is 40.3 Å². The number of aliphatic hydroxyl groups is 1. The monoisotopic (exact) mass is 502 g/mol. The Hall–Kier alpha value is -3.42. The number of nitrogens with zero attached hydrogens (tertiary/aromatic N) is 1. The van der Waals surface area contributed by atoms with E-state index in [9.17, 15) is 9.90 Å². The van der Waals surface area contributed by atoms with Crippen LogP contribution < -0.4 is 15.0 Å². The molecule has 2 heterocycles. The molecule has 5 rings (SSSR count). The minimum Gasteiger partial charge on any atom is -0.486 e. The van der Waals surface area contributed by atoms with E-state index in [1.807, 2.05) is 37.3 Å². The second-order valence-electron chi connectivity index (χ2n) is 9.81. The zero-order chi connectivity index (χ0) is 25.3. The zero-order valence-electron chi connectivity index (χ0n) is 20.7. The Balaban J connectivity index is 1.32. The van der Waals surface area contributed by atoms with E-state index in [1.165, 1.54) is 28.2 Å². The van der Waals surface area contributed by atoms with Gasteiger partial charge in [0.05, 0.1) is 17.1 Å². The molecule has 0 fully saturated rings. The average Bonchev–Trinajstić information content (AvgIpc) is 3.45. The van der Waals surface area contributed by atoms with Crippen LogP contribution in [0.5, 0.6) is 11.6 Å². The third-order valence-electron chi connectivity index (χ3n) is 6.47. The summed E-state index contributed by atoms with van der Waals surface area (Å²) in [5.74, 6) is 1.39. The summed E-state index contributed by atoms with van der Waals surface area (Å²) in [5, 5.41) is 9.89. The number of aromatic amines is 1. The summed E-state index contributed by atoms with van der Waals surface area (Å²) in [5.41, 5.74) is 5.87. The lowest BCUT2D eigenvalue weighted by molar-refractivity contribution is 0.0547. The van der Waals surface area contributed by atoms with Crippen molar-refractivity contribution in [3.05, 3.63) is 87.8 Å². The highest BCUT2D eigenvalue weighted by Crippen LogP contribution is 2.41. The van der Waals surface area contributed by atoms with Gasteiger partial charge in [0.25, 0.3) is 5.56 Å². The molecule has 0 unspecified atom stereocenters. The van der Waals surface area contributed by atoms with Gasteiger partial charge in [-0.05, 0) is 86.2 Å². The average molecular weight is 503 g/mol. The van der Waals surface area contributed by atoms with Crippen LogP contribution in [0.25, 0.3) is 21.6 Å². The SMILES string of the molecule is Cc1nc(OCCC(C)(C)O)ccc1-c1cccc2c1CC[C@H]2Oc1ccc(-c2cc(=O)[nH]s2)cc1. The van der Waals surface area contributed by atoms with Gasteiger partial charge in [0.1, 0.15) is 11.9 Å². The number of nitrogens with one attached hydrogen (secondary N) is 1. The predicted octanol–water partition coefficient (Wildman–Crippen LogP) is 6.08. The van der Waals surface area contributed by atoms with Gasteiger partial charge in [-0.2, -0.15) is 0 Å². The van der Waals surface area contributed by atoms with Crippen molar-refractivity contribution >= 4 is 11.5 Å². The second-order valence-corrected chi connectivity index (χ2v) is 10.7. The number of H-pyrrole nitrogens is 1. The van der Waals surface area contributed by atoms with Gasteiger partial charge < -0.3 is 14.6 Å². The number of hydrogen-bond acceptors (Lipinski definition) is 6. The van der Waals surface area contributed by atoms with E-state index in [4.69, 9.17) is 9.47 Å². The van der Waals surface area contributed by atoms with Gasteiger partial charge in [-0.1, -0.05) is 29.7 Å². The lowest BCUT2D eigenvalue weighted by Gasteiger charge is -2.18. The van der Waals surface area contributed by atoms with Crippen molar-refractivity contribution in [2.75, 3.05) is 6.61 Å². The Morgan fingerprint density at radius 2 is 1.92 bits per heavy atom. The molecule has 4 aromatic rings. The van der Waals surface area contributed by atoms with E-state index in [1.54, 1.807) is 19.9 Å². The molecule has 1 atom stereocenters. The number of pyridine rings is 1. The number of benzene rings is 2. The van der Waals surface area contributed by atoms with Crippen LogP contribution in [0.4, 0.5) is 0 Å². The number of aromatic nitrogens is 2. The molecule has 36 heavy (non-hydrogen) atoms. The van der Waals surface area contributed by atoms with E-state index < -0.39 is 5.60 Å². The fraction of sp³-hybridized carbons (Fsp3) is 0.310. The number of fused-ring (bicyclic) bond motifs is 1. The summed E-state index contributed by atoms with van der Waals surface area (Å²) < 4.78 is 14.9. The summed E-state index contributed by atoms with van der Waals surface area (Å²) >= 11 is 1.34. The highest BCUT2D eigenvalue weighted by atomic mass is 32.1. The smallest absolute Gasteiger partial charge is 0.258 e. The molecule has 0 saturated carbocycles. The highest BCUT2D eigenvalue weighted by molar-refractivity contribution is 7.09. The number of aryl methyl sites for hydroxylation is 1. The molecule has 7 heteroatoms. The van der Waals surface area contributed by atoms with Gasteiger partial charge in [-0.25, -0.2) is 4.98 Å². The molecular weight excluding hydrogens is 472 g/mol. The Bertz CT molecular complexity index is 1420. The fourth-order valence-electron chi connectivity index (χ4n) is 4.59. The first-order valence-corrected chi connectivity index (χ1v) is 13.0. The first kappa shape index (κ1) is 24.3. The van der Waals surface area contributed by atoms with Gasteiger partial charge in [-0.15, -0.1) is 0 Å². The number of ether oxygens (including phenoxy) is 2. The zero-order valence-corrected chi connectivity index (χ0v) is 21.5. The molecule has 1 aliphatic rings. The summed E-state index contributed by atoms with van der Waals surface area (Å²) in [6.07, 6.45) is 2.39. The van der Waals surface area contributed by atoms with Crippen molar-refractivity contribution in [2.24, 2.45) is 0 Å². The quantitative estimate of drug-likeness (QED) is 0.305. The van der Waals surface area contributed by atoms with Crippen LogP contribution in [0, 0.1) is 6.92 Å². The maximum atomic E-state index is 11.4. The van der Waals surface area contributed by atoms with Gasteiger partial charge >= 0.3 is 0 Å². The minimum absolute atomic E-state index is 0.00757. The van der Waals surface area contributed by atoms with Crippen molar-refractivity contribution in [1.29, 1.82) is 0 Å². The summed E-state index contributed by atoms with van der Waals surface area (Å²) in [6.45, 7) is 5.97. The lowest BCUT2D eigenvalue weighted by Crippen LogP contribution is -2.22. The molecule has 0 amide bonds. The molecule has 0 aliphatic heterocycles. The summed E-state index contributed by atoms with van der Waals surface area (Å²) in [7, 11) is 0. The third-order valence-corrected chi connectivity index (χ3v) is 7.35. The van der Waals surface area contributed by atoms with Gasteiger partial charge in [0, 0.05) is 29.8 Å². The van der Waals surface area contributed by atoms with Crippen LogP contribution in [0.15, 0.2) is 65.5 Å². The predicted molar refractivity (Wildman–Crippen MR) is 143 cm³/mol. The number of rotatable bonds is 8. The van der Waals surface area contributed by atoms with Crippen molar-refractivity contribution in [2.45, 2.75) is 51.7 Å². The van der Waals surface area contributed by atoms with Gasteiger partial charge in [-0.3, -0.25) is 9.17 Å². The van der Waals surface area contributed by atoms with E-state index in [0.29, 0.717) is 18.9 Å². The lowest BCUT2D eigenvalue weighted by atomic mass is 9.96.